The SMILES string of the molecule is CCCCCC1OC1/C=C/C(=O)CCCCCCC(C)C(=O)OC. The molecule has 1 aliphatic heterocycles. The van der Waals surface area contributed by atoms with Crippen molar-refractivity contribution in [3.63, 3.8) is 0 Å². The van der Waals surface area contributed by atoms with Crippen LogP contribution in [0.25, 0.3) is 0 Å². The molecule has 0 aromatic heterocycles. The van der Waals surface area contributed by atoms with Crippen LogP contribution in [0, 0.1) is 5.92 Å². The molecular weight excluding hydrogens is 304 g/mol. The van der Waals surface area contributed by atoms with Gasteiger partial charge in [-0.05, 0) is 31.4 Å². The number of ether oxygens (including phenoxy) is 2. The summed E-state index contributed by atoms with van der Waals surface area (Å²) in [5.74, 6) is 0.0368. The lowest BCUT2D eigenvalue weighted by atomic mass is 10.0. The highest BCUT2D eigenvalue weighted by Gasteiger charge is 2.35. The summed E-state index contributed by atoms with van der Waals surface area (Å²) in [7, 11) is 1.43. The second-order valence-corrected chi connectivity index (χ2v) is 6.84. The van der Waals surface area contributed by atoms with Crippen LogP contribution in [-0.4, -0.2) is 31.1 Å². The molecule has 0 spiro atoms. The van der Waals surface area contributed by atoms with E-state index in [0.29, 0.717) is 12.5 Å². The molecule has 1 rings (SSSR count). The van der Waals surface area contributed by atoms with Crippen LogP contribution in [-0.2, 0) is 19.1 Å². The zero-order chi connectivity index (χ0) is 17.8. The highest BCUT2D eigenvalue weighted by Crippen LogP contribution is 2.28. The van der Waals surface area contributed by atoms with Crippen molar-refractivity contribution in [1.82, 2.24) is 0 Å². The number of ketones is 1. The number of rotatable bonds is 14. The van der Waals surface area contributed by atoms with Gasteiger partial charge >= 0.3 is 5.97 Å². The maximum atomic E-state index is 11.8. The van der Waals surface area contributed by atoms with Crippen LogP contribution >= 0.6 is 0 Å². The van der Waals surface area contributed by atoms with Crippen LogP contribution in [0.2, 0.25) is 0 Å². The summed E-state index contributed by atoms with van der Waals surface area (Å²) in [6, 6.07) is 0. The lowest BCUT2D eigenvalue weighted by molar-refractivity contribution is -0.145. The molecule has 0 aliphatic carbocycles. The van der Waals surface area contributed by atoms with E-state index in [-0.39, 0.29) is 23.8 Å². The molecule has 0 N–H and O–H groups in total. The Labute approximate surface area is 147 Å². The number of carbonyl (C=O) groups excluding carboxylic acids is 2. The van der Waals surface area contributed by atoms with E-state index in [4.69, 9.17) is 9.47 Å². The third-order valence-electron chi connectivity index (χ3n) is 4.60. The summed E-state index contributed by atoms with van der Waals surface area (Å²) in [6.07, 6.45) is 14.4. The predicted molar refractivity (Wildman–Crippen MR) is 95.8 cm³/mol. The molecule has 3 unspecified atom stereocenters. The Morgan fingerprint density at radius 2 is 1.88 bits per heavy atom. The normalized spacial score (nSPS) is 21.0. The average Bonchev–Trinajstić information content (AvgIpc) is 3.33. The predicted octanol–water partition coefficient (Wildman–Crippen LogP) is 4.61. The van der Waals surface area contributed by atoms with E-state index in [2.05, 4.69) is 6.92 Å². The van der Waals surface area contributed by atoms with Crippen LogP contribution in [0.5, 0.6) is 0 Å². The van der Waals surface area contributed by atoms with Gasteiger partial charge in [0.25, 0.3) is 0 Å². The molecule has 1 heterocycles. The first-order chi connectivity index (χ1) is 11.6. The van der Waals surface area contributed by atoms with Crippen LogP contribution in [0.4, 0.5) is 0 Å². The fourth-order valence-corrected chi connectivity index (χ4v) is 2.86. The molecule has 0 radical (unpaired) electrons. The topological polar surface area (TPSA) is 55.9 Å². The molecule has 0 aromatic carbocycles. The summed E-state index contributed by atoms with van der Waals surface area (Å²) >= 11 is 0. The van der Waals surface area contributed by atoms with Crippen molar-refractivity contribution in [2.45, 2.75) is 90.3 Å². The van der Waals surface area contributed by atoms with Gasteiger partial charge in [-0.25, -0.2) is 0 Å². The second-order valence-electron chi connectivity index (χ2n) is 6.84. The average molecular weight is 338 g/mol. The van der Waals surface area contributed by atoms with E-state index in [1.165, 1.54) is 26.4 Å². The Bertz CT molecular complexity index is 402. The van der Waals surface area contributed by atoms with E-state index < -0.39 is 0 Å². The van der Waals surface area contributed by atoms with E-state index in [9.17, 15) is 9.59 Å². The van der Waals surface area contributed by atoms with Crippen molar-refractivity contribution >= 4 is 11.8 Å². The van der Waals surface area contributed by atoms with Crippen molar-refractivity contribution in [2.75, 3.05) is 7.11 Å². The van der Waals surface area contributed by atoms with E-state index in [1.807, 2.05) is 13.0 Å². The molecule has 1 fully saturated rings. The molecule has 1 aliphatic rings. The minimum atomic E-state index is -0.134. The maximum absolute atomic E-state index is 11.8. The molecule has 24 heavy (non-hydrogen) atoms. The number of carbonyl (C=O) groups is 2. The molecular formula is C20H34O4. The summed E-state index contributed by atoms with van der Waals surface area (Å²) in [6.45, 7) is 4.10. The summed E-state index contributed by atoms with van der Waals surface area (Å²) in [4.78, 5) is 23.1. The molecule has 0 amide bonds. The number of methoxy groups -OCH3 is 1. The number of allylic oxidation sites excluding steroid dienone is 1. The van der Waals surface area contributed by atoms with Crippen LogP contribution in [0.1, 0.15) is 78.1 Å². The van der Waals surface area contributed by atoms with Crippen molar-refractivity contribution in [2.24, 2.45) is 5.92 Å². The first kappa shape index (κ1) is 20.9. The zero-order valence-corrected chi connectivity index (χ0v) is 15.6. The van der Waals surface area contributed by atoms with Gasteiger partial charge in [-0.15, -0.1) is 0 Å². The third-order valence-corrected chi connectivity index (χ3v) is 4.60. The smallest absolute Gasteiger partial charge is 0.308 e. The van der Waals surface area contributed by atoms with Gasteiger partial charge in [-0.2, -0.15) is 0 Å². The Balaban J connectivity index is 1.97. The molecule has 0 aromatic rings. The first-order valence-corrected chi connectivity index (χ1v) is 9.52. The molecule has 0 saturated carbocycles. The summed E-state index contributed by atoms with van der Waals surface area (Å²) in [5, 5.41) is 0. The van der Waals surface area contributed by atoms with Gasteiger partial charge in [0.2, 0.25) is 0 Å². The Morgan fingerprint density at radius 3 is 2.58 bits per heavy atom. The zero-order valence-electron chi connectivity index (χ0n) is 15.6. The van der Waals surface area contributed by atoms with E-state index >= 15 is 0 Å². The van der Waals surface area contributed by atoms with Crippen molar-refractivity contribution in [3.8, 4) is 0 Å². The molecule has 138 valence electrons. The van der Waals surface area contributed by atoms with Crippen LogP contribution in [0.15, 0.2) is 12.2 Å². The van der Waals surface area contributed by atoms with E-state index in [0.717, 1.165) is 38.5 Å². The molecule has 4 heteroatoms. The summed E-state index contributed by atoms with van der Waals surface area (Å²) < 4.78 is 10.3. The molecule has 3 atom stereocenters. The minimum absolute atomic E-state index is 0.0246. The van der Waals surface area contributed by atoms with Crippen LogP contribution < -0.4 is 0 Å². The van der Waals surface area contributed by atoms with Crippen LogP contribution in [0.3, 0.4) is 0 Å². The lowest BCUT2D eigenvalue weighted by Gasteiger charge is -2.08. The van der Waals surface area contributed by atoms with Gasteiger partial charge in [0, 0.05) is 6.42 Å². The number of hydrogen-bond acceptors (Lipinski definition) is 4. The number of esters is 1. The maximum Gasteiger partial charge on any atom is 0.308 e. The number of unbranched alkanes of at least 4 members (excludes halogenated alkanes) is 5. The molecule has 0 bridgehead atoms. The Kier molecular flexibility index (Phi) is 10.6. The minimum Gasteiger partial charge on any atom is -0.469 e. The number of hydrogen-bond donors (Lipinski definition) is 0. The monoisotopic (exact) mass is 338 g/mol. The summed E-state index contributed by atoms with van der Waals surface area (Å²) in [5.41, 5.74) is 0. The van der Waals surface area contributed by atoms with Gasteiger partial charge in [-0.1, -0.05) is 52.4 Å². The van der Waals surface area contributed by atoms with E-state index in [1.54, 1.807) is 6.08 Å². The Hall–Kier alpha value is -1.16. The first-order valence-electron chi connectivity index (χ1n) is 9.52. The standard InChI is InChI=1S/C20H34O4/c1-4-5-8-13-18-19(24-18)15-14-17(21)12-10-7-6-9-11-16(2)20(22)23-3/h14-16,18-19H,4-13H2,1-3H3/b15-14+. The van der Waals surface area contributed by atoms with Gasteiger partial charge in [0.15, 0.2) is 5.78 Å². The quantitative estimate of drug-likeness (QED) is 0.201. The lowest BCUT2D eigenvalue weighted by Crippen LogP contribution is -2.12. The van der Waals surface area contributed by atoms with Gasteiger partial charge in [0.1, 0.15) is 6.10 Å². The highest BCUT2D eigenvalue weighted by atomic mass is 16.6. The Morgan fingerprint density at radius 1 is 1.12 bits per heavy atom. The van der Waals surface area contributed by atoms with Crippen molar-refractivity contribution in [3.05, 3.63) is 12.2 Å². The van der Waals surface area contributed by atoms with Gasteiger partial charge in [-0.3, -0.25) is 9.59 Å². The fraction of sp³-hybridized carbons (Fsp3) is 0.800. The van der Waals surface area contributed by atoms with Crippen molar-refractivity contribution < 1.29 is 19.1 Å². The van der Waals surface area contributed by atoms with Crippen molar-refractivity contribution in [1.29, 1.82) is 0 Å². The van der Waals surface area contributed by atoms with Gasteiger partial charge in [0.05, 0.1) is 19.1 Å². The second kappa shape index (κ2) is 12.2. The third kappa shape index (κ3) is 9.21. The highest BCUT2D eigenvalue weighted by molar-refractivity contribution is 5.89. The van der Waals surface area contributed by atoms with Gasteiger partial charge < -0.3 is 9.47 Å². The number of epoxide rings is 1. The fourth-order valence-electron chi connectivity index (χ4n) is 2.86. The largest absolute Gasteiger partial charge is 0.469 e. The molecule has 4 nitrogen and oxygen atoms in total. The molecule has 1 saturated heterocycles.